The summed E-state index contributed by atoms with van der Waals surface area (Å²) in [6.07, 6.45) is 3.05. The van der Waals surface area contributed by atoms with Crippen LogP contribution in [0, 0.1) is 5.92 Å². The predicted molar refractivity (Wildman–Crippen MR) is 91.6 cm³/mol. The van der Waals surface area contributed by atoms with Crippen molar-refractivity contribution < 1.29 is 5.11 Å². The second-order valence-electron chi connectivity index (χ2n) is 6.05. The third-order valence-electron chi connectivity index (χ3n) is 4.82. The van der Waals surface area contributed by atoms with Gasteiger partial charge in [-0.3, -0.25) is 4.90 Å². The summed E-state index contributed by atoms with van der Waals surface area (Å²) in [6.45, 7) is 13.1. The van der Waals surface area contributed by atoms with Crippen molar-refractivity contribution in [2.75, 3.05) is 13.1 Å². The average Bonchev–Trinajstić information content (AvgIpc) is 2.55. The average molecular weight is 291 g/mol. The maximum atomic E-state index is 10.7. The Labute approximate surface area is 131 Å². The van der Waals surface area contributed by atoms with Crippen molar-refractivity contribution in [3.05, 3.63) is 35.4 Å². The summed E-state index contributed by atoms with van der Waals surface area (Å²) in [6, 6.07) is 8.56. The monoisotopic (exact) mass is 291 g/mol. The fourth-order valence-electron chi connectivity index (χ4n) is 2.89. The first-order chi connectivity index (χ1) is 10.1. The fourth-order valence-corrected chi connectivity index (χ4v) is 2.89. The lowest BCUT2D eigenvalue weighted by Crippen LogP contribution is -2.40. The van der Waals surface area contributed by atoms with Crippen LogP contribution in [0.5, 0.6) is 0 Å². The summed E-state index contributed by atoms with van der Waals surface area (Å²) in [7, 11) is 0. The first kappa shape index (κ1) is 18.2. The van der Waals surface area contributed by atoms with Crippen molar-refractivity contribution >= 4 is 0 Å². The zero-order chi connectivity index (χ0) is 15.8. The highest BCUT2D eigenvalue weighted by Crippen LogP contribution is 2.23. The van der Waals surface area contributed by atoms with E-state index >= 15 is 0 Å². The normalized spacial score (nSPS) is 14.7. The van der Waals surface area contributed by atoms with Gasteiger partial charge in [-0.1, -0.05) is 64.8 Å². The van der Waals surface area contributed by atoms with Crippen molar-refractivity contribution in [1.82, 2.24) is 4.90 Å². The molecular formula is C19H33NO. The first-order valence-electron chi connectivity index (χ1n) is 8.58. The van der Waals surface area contributed by atoms with Crippen LogP contribution in [0.3, 0.4) is 0 Å². The van der Waals surface area contributed by atoms with Gasteiger partial charge in [-0.2, -0.15) is 0 Å². The molecule has 2 heteroatoms. The third kappa shape index (κ3) is 5.12. The van der Waals surface area contributed by atoms with Crippen LogP contribution < -0.4 is 0 Å². The molecule has 1 aromatic rings. The van der Waals surface area contributed by atoms with Gasteiger partial charge in [0.05, 0.1) is 6.10 Å². The molecular weight excluding hydrogens is 258 g/mol. The molecule has 1 aromatic carbocycles. The topological polar surface area (TPSA) is 23.5 Å². The maximum absolute atomic E-state index is 10.7. The van der Waals surface area contributed by atoms with Gasteiger partial charge >= 0.3 is 0 Å². The summed E-state index contributed by atoms with van der Waals surface area (Å²) in [5.41, 5.74) is 2.35. The van der Waals surface area contributed by atoms with Crippen molar-refractivity contribution in [3.8, 4) is 0 Å². The zero-order valence-electron chi connectivity index (χ0n) is 14.5. The molecule has 2 atom stereocenters. The van der Waals surface area contributed by atoms with Crippen molar-refractivity contribution in [1.29, 1.82) is 0 Å². The summed E-state index contributed by atoms with van der Waals surface area (Å²) >= 11 is 0. The van der Waals surface area contributed by atoms with Crippen LogP contribution in [0.1, 0.15) is 64.7 Å². The number of likely N-dealkylation sites (N-methyl/N-ethyl adjacent to an activating group) is 1. The second kappa shape index (κ2) is 9.22. The number of aliphatic hydroxyl groups excluding tert-OH is 1. The van der Waals surface area contributed by atoms with Crippen molar-refractivity contribution in [2.45, 2.75) is 66.0 Å². The Kier molecular flexibility index (Phi) is 7.98. The summed E-state index contributed by atoms with van der Waals surface area (Å²) < 4.78 is 0. The van der Waals surface area contributed by atoms with Crippen LogP contribution in [0.15, 0.2) is 24.3 Å². The number of rotatable bonds is 9. The van der Waals surface area contributed by atoms with E-state index in [0.29, 0.717) is 0 Å². The molecule has 0 fully saturated rings. The van der Waals surface area contributed by atoms with E-state index in [0.717, 1.165) is 31.0 Å². The maximum Gasteiger partial charge on any atom is 0.0942 e. The molecule has 0 aromatic heterocycles. The van der Waals surface area contributed by atoms with Gasteiger partial charge in [-0.05, 0) is 36.9 Å². The van der Waals surface area contributed by atoms with Gasteiger partial charge < -0.3 is 5.11 Å². The quantitative estimate of drug-likeness (QED) is 0.727. The van der Waals surface area contributed by atoms with E-state index in [2.05, 4.69) is 63.8 Å². The molecule has 2 nitrogen and oxygen atoms in total. The third-order valence-corrected chi connectivity index (χ3v) is 4.82. The summed E-state index contributed by atoms with van der Waals surface area (Å²) in [5, 5.41) is 10.7. The van der Waals surface area contributed by atoms with Gasteiger partial charge in [-0.15, -0.1) is 0 Å². The largest absolute Gasteiger partial charge is 0.387 e. The number of hydrogen-bond acceptors (Lipinski definition) is 2. The van der Waals surface area contributed by atoms with E-state index in [1.807, 2.05) is 0 Å². The Hall–Kier alpha value is -0.860. The molecule has 0 radical (unpaired) electrons. The smallest absolute Gasteiger partial charge is 0.0942 e. The van der Waals surface area contributed by atoms with Gasteiger partial charge in [0.15, 0.2) is 0 Å². The van der Waals surface area contributed by atoms with Gasteiger partial charge in [0.2, 0.25) is 0 Å². The Morgan fingerprint density at radius 2 is 1.57 bits per heavy atom. The molecule has 0 aliphatic heterocycles. The number of nitrogens with zero attached hydrogens (tertiary/aromatic N) is 1. The van der Waals surface area contributed by atoms with Crippen LogP contribution in [0.25, 0.3) is 0 Å². The van der Waals surface area contributed by atoms with E-state index < -0.39 is 6.10 Å². The molecule has 0 aliphatic rings. The minimum absolute atomic E-state index is 0.156. The lowest BCUT2D eigenvalue weighted by molar-refractivity contribution is 0.0507. The lowest BCUT2D eigenvalue weighted by atomic mass is 9.97. The summed E-state index contributed by atoms with van der Waals surface area (Å²) in [4.78, 5) is 2.41. The molecule has 1 N–H and O–H groups in total. The molecule has 0 spiro atoms. The molecule has 0 heterocycles. The highest BCUT2D eigenvalue weighted by molar-refractivity contribution is 5.25. The molecule has 0 saturated heterocycles. The predicted octanol–water partition coefficient (Wildman–Crippen LogP) is 4.43. The molecule has 0 bridgehead atoms. The van der Waals surface area contributed by atoms with Crippen LogP contribution in [-0.2, 0) is 6.42 Å². The Balaban J connectivity index is 2.75. The van der Waals surface area contributed by atoms with E-state index in [4.69, 9.17) is 0 Å². The van der Waals surface area contributed by atoms with Gasteiger partial charge in [0, 0.05) is 12.6 Å². The molecule has 0 saturated carbocycles. The van der Waals surface area contributed by atoms with Crippen molar-refractivity contribution in [2.24, 2.45) is 5.92 Å². The number of benzene rings is 1. The second-order valence-corrected chi connectivity index (χ2v) is 6.05. The minimum Gasteiger partial charge on any atom is -0.387 e. The van der Waals surface area contributed by atoms with E-state index in [1.165, 1.54) is 18.4 Å². The minimum atomic E-state index is -0.412. The number of aliphatic hydroxyl groups is 1. The molecule has 1 rings (SSSR count). The standard InChI is InChI=1S/C19H33NO/c1-6-16(7-2)14-20(9-4)15(5)19(21)18-12-10-17(8-3)11-13-18/h10-13,15-16,19,21H,6-9,14H2,1-5H3. The number of hydrogen-bond donors (Lipinski definition) is 1. The Morgan fingerprint density at radius 3 is 2.00 bits per heavy atom. The highest BCUT2D eigenvalue weighted by Gasteiger charge is 2.23. The van der Waals surface area contributed by atoms with Crippen LogP contribution in [0.4, 0.5) is 0 Å². The SMILES string of the molecule is CCc1ccc(C(O)C(C)N(CC)CC(CC)CC)cc1. The fraction of sp³-hybridized carbons (Fsp3) is 0.684. The van der Waals surface area contributed by atoms with Crippen LogP contribution in [-0.4, -0.2) is 29.1 Å². The van der Waals surface area contributed by atoms with E-state index in [9.17, 15) is 5.11 Å². The van der Waals surface area contributed by atoms with E-state index in [-0.39, 0.29) is 6.04 Å². The molecule has 0 amide bonds. The van der Waals surface area contributed by atoms with E-state index in [1.54, 1.807) is 0 Å². The van der Waals surface area contributed by atoms with Crippen LogP contribution >= 0.6 is 0 Å². The Morgan fingerprint density at radius 1 is 1.00 bits per heavy atom. The van der Waals surface area contributed by atoms with Gasteiger partial charge in [-0.25, -0.2) is 0 Å². The molecule has 120 valence electrons. The van der Waals surface area contributed by atoms with Gasteiger partial charge in [0.25, 0.3) is 0 Å². The Bertz CT molecular complexity index is 383. The number of aryl methyl sites for hydroxylation is 1. The first-order valence-corrected chi connectivity index (χ1v) is 8.58. The van der Waals surface area contributed by atoms with Gasteiger partial charge in [0.1, 0.15) is 0 Å². The summed E-state index contributed by atoms with van der Waals surface area (Å²) in [5.74, 6) is 0.724. The van der Waals surface area contributed by atoms with Crippen LogP contribution in [0.2, 0.25) is 0 Å². The lowest BCUT2D eigenvalue weighted by Gasteiger charge is -2.34. The highest BCUT2D eigenvalue weighted by atomic mass is 16.3. The molecule has 21 heavy (non-hydrogen) atoms. The molecule has 0 aliphatic carbocycles. The zero-order valence-corrected chi connectivity index (χ0v) is 14.5. The van der Waals surface area contributed by atoms with Crippen molar-refractivity contribution in [3.63, 3.8) is 0 Å². The molecule has 2 unspecified atom stereocenters.